The van der Waals surface area contributed by atoms with E-state index in [2.05, 4.69) is 20.9 Å². The van der Waals surface area contributed by atoms with Crippen LogP contribution in [0.2, 0.25) is 0 Å². The van der Waals surface area contributed by atoms with Crippen LogP contribution in [0.15, 0.2) is 107 Å². The van der Waals surface area contributed by atoms with Crippen molar-refractivity contribution < 1.29 is 14.3 Å². The Labute approximate surface area is 248 Å². The van der Waals surface area contributed by atoms with Crippen molar-refractivity contribution in [2.45, 2.75) is 19.4 Å². The van der Waals surface area contributed by atoms with Crippen molar-refractivity contribution in [1.29, 1.82) is 0 Å². The van der Waals surface area contributed by atoms with Crippen LogP contribution in [-0.2, 0) is 4.79 Å². The van der Waals surface area contributed by atoms with Crippen molar-refractivity contribution in [3.05, 3.63) is 108 Å². The number of methoxy groups -OCH3 is 1. The number of fused-ring (bicyclic) bond motifs is 2. The molecule has 2 heterocycles. The average molecular weight is 578 g/mol. The molecule has 2 aliphatic rings. The molecule has 6 rings (SSSR count). The number of thioether (sulfide) groups is 1. The molecule has 0 bridgehead atoms. The Morgan fingerprint density at radius 3 is 2.55 bits per heavy atom. The van der Waals surface area contributed by atoms with Crippen LogP contribution >= 0.6 is 11.8 Å². The summed E-state index contributed by atoms with van der Waals surface area (Å²) in [5.74, 6) is 1.32. The van der Waals surface area contributed by atoms with Crippen LogP contribution in [0.1, 0.15) is 24.9 Å². The highest BCUT2D eigenvalue weighted by atomic mass is 32.2. The van der Waals surface area contributed by atoms with Gasteiger partial charge in [0.1, 0.15) is 5.75 Å². The highest BCUT2D eigenvalue weighted by Gasteiger charge is 2.37. The maximum Gasteiger partial charge on any atom is 0.323 e. The summed E-state index contributed by atoms with van der Waals surface area (Å²) in [4.78, 5) is 34.0. The number of urea groups is 1. The van der Waals surface area contributed by atoms with E-state index in [1.54, 1.807) is 18.9 Å². The Hall–Kier alpha value is -4.76. The monoisotopic (exact) mass is 577 g/mol. The topological polar surface area (TPSA) is 95.1 Å². The summed E-state index contributed by atoms with van der Waals surface area (Å²) in [7, 11) is 1.58. The van der Waals surface area contributed by atoms with Gasteiger partial charge in [0.2, 0.25) is 0 Å². The molecule has 0 aliphatic carbocycles. The highest BCUT2D eigenvalue weighted by Crippen LogP contribution is 2.41. The number of rotatable bonds is 6. The summed E-state index contributed by atoms with van der Waals surface area (Å²) in [6.07, 6.45) is 0.978. The fourth-order valence-electron chi connectivity index (χ4n) is 5.45. The van der Waals surface area contributed by atoms with E-state index in [1.807, 2.05) is 97.9 Å². The normalized spacial score (nSPS) is 16.4. The summed E-state index contributed by atoms with van der Waals surface area (Å²) < 4.78 is 5.46. The first kappa shape index (κ1) is 27.4. The molecule has 0 radical (unpaired) electrons. The first-order valence-electron chi connectivity index (χ1n) is 13.8. The van der Waals surface area contributed by atoms with Crippen molar-refractivity contribution in [2.24, 2.45) is 4.99 Å². The van der Waals surface area contributed by atoms with Gasteiger partial charge in [-0.2, -0.15) is 0 Å². The Balaban J connectivity index is 1.29. The fourth-order valence-corrected chi connectivity index (χ4v) is 6.47. The second kappa shape index (κ2) is 12.0. The number of carbonyl (C=O) groups excluding carboxylic acids is 2. The summed E-state index contributed by atoms with van der Waals surface area (Å²) in [6, 6.07) is 28.0. The number of benzene rings is 4. The Bertz CT molecular complexity index is 1730. The number of allylic oxidation sites excluding steroid dienone is 1. The van der Waals surface area contributed by atoms with Crippen LogP contribution in [0.4, 0.5) is 21.9 Å². The smallest absolute Gasteiger partial charge is 0.323 e. The third-order valence-electron chi connectivity index (χ3n) is 7.36. The molecule has 212 valence electrons. The van der Waals surface area contributed by atoms with Gasteiger partial charge in [0.15, 0.2) is 5.17 Å². The molecule has 3 N–H and O–H groups in total. The fraction of sp³-hybridized carbons (Fsp3) is 0.182. The van der Waals surface area contributed by atoms with Crippen molar-refractivity contribution in [1.82, 2.24) is 4.90 Å². The van der Waals surface area contributed by atoms with Gasteiger partial charge in [-0.15, -0.1) is 0 Å². The minimum atomic E-state index is -0.372. The number of nitrogens with zero attached hydrogens (tertiary/aromatic N) is 2. The summed E-state index contributed by atoms with van der Waals surface area (Å²) in [6.45, 7) is 2.65. The molecule has 0 aromatic heterocycles. The van der Waals surface area contributed by atoms with Crippen molar-refractivity contribution in [2.75, 3.05) is 35.4 Å². The molecule has 42 heavy (non-hydrogen) atoms. The van der Waals surface area contributed by atoms with Gasteiger partial charge in [-0.05, 0) is 54.6 Å². The van der Waals surface area contributed by atoms with Gasteiger partial charge in [-0.25, -0.2) is 9.79 Å². The van der Waals surface area contributed by atoms with E-state index in [1.165, 1.54) is 0 Å². The number of hydrogen-bond donors (Lipinski definition) is 3. The van der Waals surface area contributed by atoms with E-state index in [-0.39, 0.29) is 18.0 Å². The van der Waals surface area contributed by atoms with Gasteiger partial charge >= 0.3 is 6.03 Å². The molecule has 4 aromatic rings. The van der Waals surface area contributed by atoms with E-state index in [4.69, 9.17) is 9.73 Å². The Kier molecular flexibility index (Phi) is 7.83. The van der Waals surface area contributed by atoms with Gasteiger partial charge in [0.25, 0.3) is 5.91 Å². The van der Waals surface area contributed by atoms with Gasteiger partial charge in [-0.3, -0.25) is 4.79 Å². The molecule has 4 aromatic carbocycles. The second-order valence-corrected chi connectivity index (χ2v) is 11.1. The molecule has 8 nitrogen and oxygen atoms in total. The van der Waals surface area contributed by atoms with E-state index >= 15 is 0 Å². The zero-order valence-corrected chi connectivity index (χ0v) is 24.2. The highest BCUT2D eigenvalue weighted by molar-refractivity contribution is 8.13. The number of carbonyl (C=O) groups is 2. The third kappa shape index (κ3) is 5.56. The molecule has 1 atom stereocenters. The lowest BCUT2D eigenvalue weighted by Gasteiger charge is -2.41. The molecular formula is C33H31N5O3S. The van der Waals surface area contributed by atoms with Crippen molar-refractivity contribution >= 4 is 56.7 Å². The van der Waals surface area contributed by atoms with E-state index in [9.17, 15) is 9.59 Å². The standard InChI is InChI=1S/C33H31N5O3S/c1-21-29(31(39)36-27-15-5-6-17-28(27)41-2)30(38-18-9-19-42-33(38)34-21)23-12-7-13-24(20-23)35-32(40)37-26-16-8-11-22-10-3-4-14-25(22)26/h3-8,10-17,20,30H,9,18-19H2,1-2H3,(H,36,39)(H2,35,37,40). The SMILES string of the molecule is COc1ccccc1NC(=O)C1=C(C)N=C2SCCCN2C1c1cccc(NC(=O)Nc2cccc3ccccc23)c1. The summed E-state index contributed by atoms with van der Waals surface area (Å²) in [5, 5.41) is 11.9. The predicted octanol–water partition coefficient (Wildman–Crippen LogP) is 7.25. The lowest BCUT2D eigenvalue weighted by Crippen LogP contribution is -2.43. The molecule has 1 unspecified atom stereocenters. The van der Waals surface area contributed by atoms with Gasteiger partial charge in [-0.1, -0.05) is 72.4 Å². The Morgan fingerprint density at radius 2 is 1.67 bits per heavy atom. The van der Waals surface area contributed by atoms with Gasteiger partial charge in [0, 0.05) is 23.4 Å². The number of nitrogens with one attached hydrogen (secondary N) is 3. The minimum absolute atomic E-state index is 0.243. The number of anilines is 3. The molecule has 0 spiro atoms. The molecule has 9 heteroatoms. The average Bonchev–Trinajstić information content (AvgIpc) is 3.01. The van der Waals surface area contributed by atoms with Crippen LogP contribution < -0.4 is 20.7 Å². The largest absolute Gasteiger partial charge is 0.495 e. The number of amidine groups is 1. The van der Waals surface area contributed by atoms with E-state index in [0.29, 0.717) is 28.4 Å². The predicted molar refractivity (Wildman–Crippen MR) is 171 cm³/mol. The number of aliphatic imine (C=N–C) groups is 1. The van der Waals surface area contributed by atoms with Crippen LogP contribution in [-0.4, -0.2) is 41.4 Å². The quantitative estimate of drug-likeness (QED) is 0.224. The zero-order chi connectivity index (χ0) is 29.1. The maximum absolute atomic E-state index is 13.9. The third-order valence-corrected chi connectivity index (χ3v) is 8.43. The molecule has 1 fully saturated rings. The number of hydrogen-bond acceptors (Lipinski definition) is 6. The maximum atomic E-state index is 13.9. The van der Waals surface area contributed by atoms with Crippen LogP contribution in [0.3, 0.4) is 0 Å². The number of amides is 3. The minimum Gasteiger partial charge on any atom is -0.495 e. The lowest BCUT2D eigenvalue weighted by molar-refractivity contribution is -0.113. The molecule has 1 saturated heterocycles. The number of ether oxygens (including phenoxy) is 1. The van der Waals surface area contributed by atoms with E-state index in [0.717, 1.165) is 45.9 Å². The van der Waals surface area contributed by atoms with Gasteiger partial charge < -0.3 is 25.6 Å². The lowest BCUT2D eigenvalue weighted by atomic mass is 9.93. The molecule has 3 amide bonds. The first-order valence-corrected chi connectivity index (χ1v) is 14.8. The molecule has 0 saturated carbocycles. The molecular weight excluding hydrogens is 546 g/mol. The summed E-state index contributed by atoms with van der Waals surface area (Å²) in [5.41, 5.74) is 4.06. The van der Waals surface area contributed by atoms with Crippen LogP contribution in [0.5, 0.6) is 5.75 Å². The van der Waals surface area contributed by atoms with E-state index < -0.39 is 0 Å². The first-order chi connectivity index (χ1) is 20.5. The second-order valence-electron chi connectivity index (χ2n) is 10.1. The zero-order valence-electron chi connectivity index (χ0n) is 23.4. The van der Waals surface area contributed by atoms with Gasteiger partial charge in [0.05, 0.1) is 35.8 Å². The molecule has 2 aliphatic heterocycles. The summed E-state index contributed by atoms with van der Waals surface area (Å²) >= 11 is 1.70. The van der Waals surface area contributed by atoms with Crippen LogP contribution in [0.25, 0.3) is 10.8 Å². The van der Waals surface area contributed by atoms with Crippen molar-refractivity contribution in [3.63, 3.8) is 0 Å². The van der Waals surface area contributed by atoms with Crippen LogP contribution in [0, 0.1) is 0 Å². The Morgan fingerprint density at radius 1 is 0.905 bits per heavy atom. The number of para-hydroxylation sites is 2. The van der Waals surface area contributed by atoms with Crippen molar-refractivity contribution in [3.8, 4) is 5.75 Å².